The van der Waals surface area contributed by atoms with Gasteiger partial charge in [-0.2, -0.15) is 0 Å². The Morgan fingerprint density at radius 3 is 2.86 bits per heavy atom. The van der Waals surface area contributed by atoms with Crippen LogP contribution in [0.2, 0.25) is 0 Å². The average molecular weight is 355 g/mol. The van der Waals surface area contributed by atoms with E-state index in [0.29, 0.717) is 18.5 Å². The second kappa shape index (κ2) is 6.71. The second-order valence-corrected chi connectivity index (χ2v) is 5.63. The Kier molecular flexibility index (Phi) is 4.95. The van der Waals surface area contributed by atoms with Gasteiger partial charge < -0.3 is 15.4 Å². The van der Waals surface area contributed by atoms with E-state index in [1.807, 2.05) is 13.0 Å². The molecule has 2 rings (SSSR count). The number of anilines is 1. The van der Waals surface area contributed by atoms with Crippen LogP contribution in [-0.4, -0.2) is 30.4 Å². The van der Waals surface area contributed by atoms with E-state index < -0.39 is 17.9 Å². The van der Waals surface area contributed by atoms with Crippen molar-refractivity contribution in [1.82, 2.24) is 5.32 Å². The fourth-order valence-electron chi connectivity index (χ4n) is 1.95. The molecule has 0 radical (unpaired) electrons. The Balaban J connectivity index is 1.80. The van der Waals surface area contributed by atoms with Crippen molar-refractivity contribution in [3.05, 3.63) is 28.2 Å². The van der Waals surface area contributed by atoms with Crippen LogP contribution < -0.4 is 10.6 Å². The van der Waals surface area contributed by atoms with Crippen LogP contribution in [0.25, 0.3) is 0 Å². The quantitative estimate of drug-likeness (QED) is 0.802. The van der Waals surface area contributed by atoms with E-state index in [1.54, 1.807) is 12.1 Å². The lowest BCUT2D eigenvalue weighted by atomic mass is 10.2. The zero-order chi connectivity index (χ0) is 15.4. The minimum atomic E-state index is -0.639. The monoisotopic (exact) mass is 354 g/mol. The van der Waals surface area contributed by atoms with Crippen molar-refractivity contribution >= 4 is 39.4 Å². The minimum absolute atomic E-state index is 0.174. The van der Waals surface area contributed by atoms with Crippen LogP contribution in [0, 0.1) is 6.92 Å². The highest BCUT2D eigenvalue weighted by molar-refractivity contribution is 9.10. The number of carbonyl (C=O) groups excluding carboxylic acids is 3. The number of rotatable bonds is 4. The molecule has 7 heteroatoms. The van der Waals surface area contributed by atoms with Gasteiger partial charge in [0, 0.05) is 16.6 Å². The molecule has 2 N–H and O–H groups in total. The smallest absolute Gasteiger partial charge is 0.329 e. The second-order valence-electron chi connectivity index (χ2n) is 4.78. The van der Waals surface area contributed by atoms with Crippen LogP contribution in [0.15, 0.2) is 22.7 Å². The summed E-state index contributed by atoms with van der Waals surface area (Å²) in [5.41, 5.74) is 1.62. The maximum Gasteiger partial charge on any atom is 0.329 e. The third-order valence-corrected chi connectivity index (χ3v) is 3.96. The maximum atomic E-state index is 11.7. The van der Waals surface area contributed by atoms with Crippen LogP contribution in [-0.2, 0) is 19.1 Å². The lowest BCUT2D eigenvalue weighted by Gasteiger charge is -2.11. The van der Waals surface area contributed by atoms with Crippen molar-refractivity contribution in [3.8, 4) is 0 Å². The number of esters is 1. The summed E-state index contributed by atoms with van der Waals surface area (Å²) in [7, 11) is 0. The van der Waals surface area contributed by atoms with E-state index in [4.69, 9.17) is 4.74 Å². The summed E-state index contributed by atoms with van der Waals surface area (Å²) in [5, 5.41) is 5.13. The fraction of sp³-hybridized carbons (Fsp3) is 0.357. The number of aryl methyl sites for hydroxylation is 1. The van der Waals surface area contributed by atoms with Crippen molar-refractivity contribution in [3.63, 3.8) is 0 Å². The van der Waals surface area contributed by atoms with Gasteiger partial charge in [-0.1, -0.05) is 15.9 Å². The maximum absolute atomic E-state index is 11.7. The normalized spacial score (nSPS) is 17.2. The molecule has 0 spiro atoms. The van der Waals surface area contributed by atoms with Gasteiger partial charge in [0.1, 0.15) is 6.04 Å². The molecule has 1 unspecified atom stereocenters. The first kappa shape index (κ1) is 15.5. The van der Waals surface area contributed by atoms with E-state index in [9.17, 15) is 14.4 Å². The highest BCUT2D eigenvalue weighted by Gasteiger charge is 2.28. The molecule has 1 aromatic carbocycles. The largest absolute Gasteiger partial charge is 0.454 e. The molecule has 1 aliphatic rings. The summed E-state index contributed by atoms with van der Waals surface area (Å²) in [4.78, 5) is 34.3. The van der Waals surface area contributed by atoms with Gasteiger partial charge in [-0.3, -0.25) is 9.59 Å². The molecule has 1 saturated heterocycles. The van der Waals surface area contributed by atoms with Gasteiger partial charge in [0.05, 0.1) is 0 Å². The number of hydrogen-bond acceptors (Lipinski definition) is 4. The van der Waals surface area contributed by atoms with Crippen molar-refractivity contribution in [2.75, 3.05) is 11.9 Å². The molecule has 0 aliphatic carbocycles. The molecule has 21 heavy (non-hydrogen) atoms. The molecule has 0 bridgehead atoms. The Morgan fingerprint density at radius 2 is 2.24 bits per heavy atom. The van der Waals surface area contributed by atoms with Crippen molar-refractivity contribution in [2.45, 2.75) is 25.8 Å². The first-order chi connectivity index (χ1) is 9.95. The van der Waals surface area contributed by atoms with E-state index in [1.165, 1.54) is 0 Å². The van der Waals surface area contributed by atoms with E-state index in [-0.39, 0.29) is 12.5 Å². The van der Waals surface area contributed by atoms with E-state index in [0.717, 1.165) is 10.0 Å². The summed E-state index contributed by atoms with van der Waals surface area (Å²) in [6.45, 7) is 1.53. The van der Waals surface area contributed by atoms with Crippen LogP contribution in [0.5, 0.6) is 0 Å². The molecule has 2 amide bonds. The Bertz CT molecular complexity index is 588. The number of benzene rings is 1. The number of hydrogen-bond donors (Lipinski definition) is 2. The minimum Gasteiger partial charge on any atom is -0.454 e. The molecule has 0 aromatic heterocycles. The van der Waals surface area contributed by atoms with Crippen LogP contribution in [0.1, 0.15) is 18.4 Å². The van der Waals surface area contributed by atoms with Gasteiger partial charge in [0.25, 0.3) is 5.91 Å². The van der Waals surface area contributed by atoms with Gasteiger partial charge in [-0.25, -0.2) is 4.79 Å². The highest BCUT2D eigenvalue weighted by atomic mass is 79.9. The Labute approximate surface area is 130 Å². The molecule has 112 valence electrons. The van der Waals surface area contributed by atoms with Crippen LogP contribution in [0.4, 0.5) is 5.69 Å². The van der Waals surface area contributed by atoms with Gasteiger partial charge >= 0.3 is 5.97 Å². The molecular formula is C14H15BrN2O4. The van der Waals surface area contributed by atoms with Crippen molar-refractivity contribution in [2.24, 2.45) is 0 Å². The fourth-order valence-corrected chi connectivity index (χ4v) is 2.19. The summed E-state index contributed by atoms with van der Waals surface area (Å²) in [5.74, 6) is -1.18. The number of nitrogens with one attached hydrogen (secondary N) is 2. The van der Waals surface area contributed by atoms with E-state index in [2.05, 4.69) is 26.6 Å². The number of amides is 2. The lowest BCUT2D eigenvalue weighted by Crippen LogP contribution is -2.36. The zero-order valence-corrected chi connectivity index (χ0v) is 13.0. The van der Waals surface area contributed by atoms with Crippen LogP contribution in [0.3, 0.4) is 0 Å². The molecule has 1 aliphatic heterocycles. The summed E-state index contributed by atoms with van der Waals surface area (Å²) in [6, 6.07) is 4.74. The number of halogens is 1. The van der Waals surface area contributed by atoms with E-state index >= 15 is 0 Å². The standard InChI is InChI=1S/C14H15BrN2O4/c1-8-6-9(2-3-10(8)15)16-13(19)7-21-14(20)11-4-5-12(18)17-11/h2-3,6,11H,4-5,7H2,1H3,(H,16,19)(H,17,18). The molecule has 1 aromatic rings. The zero-order valence-electron chi connectivity index (χ0n) is 11.4. The highest BCUT2D eigenvalue weighted by Crippen LogP contribution is 2.19. The van der Waals surface area contributed by atoms with Gasteiger partial charge in [0.2, 0.25) is 5.91 Å². The predicted molar refractivity (Wildman–Crippen MR) is 79.6 cm³/mol. The molecular weight excluding hydrogens is 340 g/mol. The summed E-state index contributed by atoms with van der Waals surface area (Å²) >= 11 is 3.37. The molecule has 0 saturated carbocycles. The topological polar surface area (TPSA) is 84.5 Å². The van der Waals surface area contributed by atoms with Crippen molar-refractivity contribution < 1.29 is 19.1 Å². The molecule has 1 heterocycles. The number of carbonyl (C=O) groups is 3. The third kappa shape index (κ3) is 4.29. The third-order valence-electron chi connectivity index (χ3n) is 3.07. The first-order valence-corrected chi connectivity index (χ1v) is 7.27. The number of ether oxygens (including phenoxy) is 1. The average Bonchev–Trinajstić information content (AvgIpc) is 2.87. The summed E-state index contributed by atoms with van der Waals surface area (Å²) in [6.07, 6.45) is 0.718. The lowest BCUT2D eigenvalue weighted by molar-refractivity contribution is -0.149. The first-order valence-electron chi connectivity index (χ1n) is 6.47. The molecule has 6 nitrogen and oxygen atoms in total. The van der Waals surface area contributed by atoms with Gasteiger partial charge in [-0.05, 0) is 37.1 Å². The Hall–Kier alpha value is -1.89. The van der Waals surface area contributed by atoms with Crippen LogP contribution >= 0.6 is 15.9 Å². The van der Waals surface area contributed by atoms with Gasteiger partial charge in [-0.15, -0.1) is 0 Å². The summed E-state index contributed by atoms with van der Waals surface area (Å²) < 4.78 is 5.84. The van der Waals surface area contributed by atoms with Gasteiger partial charge in [0.15, 0.2) is 6.61 Å². The Morgan fingerprint density at radius 1 is 1.48 bits per heavy atom. The van der Waals surface area contributed by atoms with Crippen molar-refractivity contribution in [1.29, 1.82) is 0 Å². The SMILES string of the molecule is Cc1cc(NC(=O)COC(=O)C2CCC(=O)N2)ccc1Br. The molecule has 1 fully saturated rings. The predicted octanol–water partition coefficient (Wildman–Crippen LogP) is 1.52. The molecule has 1 atom stereocenters.